The minimum Gasteiger partial charge on any atom is -0.488 e. The highest BCUT2D eigenvalue weighted by Gasteiger charge is 2.34. The minimum atomic E-state index is -4.00. The molecule has 0 aromatic heterocycles. The van der Waals surface area contributed by atoms with E-state index in [2.05, 4.69) is 16.7 Å². The van der Waals surface area contributed by atoms with Gasteiger partial charge in [-0.2, -0.15) is 0 Å². The SMILES string of the molecule is C[C@@H]1CN([C@@H](C)CO)C(=O)c2cc(NS(=O)(=O)c3ccc(F)cc3)ccc2O[C@@H]1CN(C)CC1CC1. The number of likely N-dealkylation sites (N-methyl/N-ethyl adjacent to an activating group) is 1. The lowest BCUT2D eigenvalue weighted by molar-refractivity contribution is 0.0344. The number of rotatable bonds is 9. The van der Waals surface area contributed by atoms with E-state index in [9.17, 15) is 22.7 Å². The molecule has 36 heavy (non-hydrogen) atoms. The summed E-state index contributed by atoms with van der Waals surface area (Å²) in [6, 6.07) is 8.67. The summed E-state index contributed by atoms with van der Waals surface area (Å²) in [7, 11) is -1.92. The number of nitrogens with zero attached hydrogens (tertiary/aromatic N) is 2. The van der Waals surface area contributed by atoms with Crippen LogP contribution in [0.2, 0.25) is 0 Å². The van der Waals surface area contributed by atoms with Crippen molar-refractivity contribution < 1.29 is 27.4 Å². The zero-order chi connectivity index (χ0) is 26.0. The maximum atomic E-state index is 13.5. The molecule has 1 heterocycles. The van der Waals surface area contributed by atoms with Crippen molar-refractivity contribution in [1.29, 1.82) is 0 Å². The lowest BCUT2D eigenvalue weighted by Crippen LogP contribution is -2.50. The van der Waals surface area contributed by atoms with Crippen LogP contribution in [-0.4, -0.2) is 74.7 Å². The number of benzene rings is 2. The highest BCUT2D eigenvalue weighted by molar-refractivity contribution is 7.92. The lowest BCUT2D eigenvalue weighted by atomic mass is 9.99. The Morgan fingerprint density at radius 2 is 1.89 bits per heavy atom. The van der Waals surface area contributed by atoms with Gasteiger partial charge in [0.2, 0.25) is 0 Å². The molecule has 2 aromatic rings. The molecule has 1 aliphatic carbocycles. The predicted octanol–water partition coefficient (Wildman–Crippen LogP) is 3.19. The first-order valence-electron chi connectivity index (χ1n) is 12.3. The van der Waals surface area contributed by atoms with Gasteiger partial charge in [0.05, 0.1) is 23.1 Å². The van der Waals surface area contributed by atoms with Gasteiger partial charge in [-0.05, 0) is 75.2 Å². The highest BCUT2D eigenvalue weighted by atomic mass is 32.2. The van der Waals surface area contributed by atoms with E-state index in [1.54, 1.807) is 24.0 Å². The molecule has 8 nitrogen and oxygen atoms in total. The van der Waals surface area contributed by atoms with Crippen molar-refractivity contribution in [3.8, 4) is 5.75 Å². The van der Waals surface area contributed by atoms with Crippen molar-refractivity contribution >= 4 is 21.6 Å². The second kappa shape index (κ2) is 10.7. The van der Waals surface area contributed by atoms with E-state index >= 15 is 0 Å². The van der Waals surface area contributed by atoms with Crippen LogP contribution in [0.3, 0.4) is 0 Å². The first-order chi connectivity index (χ1) is 17.1. The van der Waals surface area contributed by atoms with Crippen molar-refractivity contribution in [3.63, 3.8) is 0 Å². The van der Waals surface area contributed by atoms with Gasteiger partial charge < -0.3 is 19.6 Å². The average Bonchev–Trinajstić information content (AvgIpc) is 3.65. The molecule has 196 valence electrons. The van der Waals surface area contributed by atoms with E-state index in [4.69, 9.17) is 4.74 Å². The molecule has 2 aliphatic rings. The third-order valence-electron chi connectivity index (χ3n) is 6.80. The zero-order valence-corrected chi connectivity index (χ0v) is 21.7. The Labute approximate surface area is 212 Å². The fourth-order valence-corrected chi connectivity index (χ4v) is 5.50. The molecule has 1 saturated carbocycles. The Bertz CT molecular complexity index is 1190. The van der Waals surface area contributed by atoms with E-state index < -0.39 is 21.9 Å². The van der Waals surface area contributed by atoms with Crippen LogP contribution in [0, 0.1) is 17.7 Å². The van der Waals surface area contributed by atoms with E-state index in [0.717, 1.165) is 24.6 Å². The van der Waals surface area contributed by atoms with Crippen molar-refractivity contribution in [3.05, 3.63) is 53.8 Å². The fourth-order valence-electron chi connectivity index (χ4n) is 4.45. The van der Waals surface area contributed by atoms with Crippen molar-refractivity contribution in [2.75, 3.05) is 38.0 Å². The summed E-state index contributed by atoms with van der Waals surface area (Å²) in [4.78, 5) is 17.3. The smallest absolute Gasteiger partial charge is 0.261 e. The van der Waals surface area contributed by atoms with Crippen molar-refractivity contribution in [2.24, 2.45) is 11.8 Å². The van der Waals surface area contributed by atoms with Crippen LogP contribution in [0.1, 0.15) is 37.0 Å². The van der Waals surface area contributed by atoms with Crippen LogP contribution in [-0.2, 0) is 10.0 Å². The van der Waals surface area contributed by atoms with Crippen LogP contribution in [0.5, 0.6) is 5.75 Å². The normalized spacial score (nSPS) is 21.4. The molecule has 1 fully saturated rings. The number of nitrogens with one attached hydrogen (secondary N) is 1. The topological polar surface area (TPSA) is 99.2 Å². The molecule has 10 heteroatoms. The van der Waals surface area contributed by atoms with Gasteiger partial charge in [0, 0.05) is 31.2 Å². The van der Waals surface area contributed by atoms with E-state index in [1.807, 2.05) is 6.92 Å². The molecule has 2 N–H and O–H groups in total. The molecule has 2 aromatic carbocycles. The van der Waals surface area contributed by atoms with Crippen molar-refractivity contribution in [2.45, 2.75) is 43.7 Å². The molecule has 1 amide bonds. The number of aliphatic hydroxyl groups excluding tert-OH is 1. The van der Waals surface area contributed by atoms with Crippen molar-refractivity contribution in [1.82, 2.24) is 9.80 Å². The first kappa shape index (κ1) is 26.4. The lowest BCUT2D eigenvalue weighted by Gasteiger charge is -2.38. The number of halogens is 1. The first-order valence-corrected chi connectivity index (χ1v) is 13.7. The number of hydrogen-bond donors (Lipinski definition) is 2. The number of fused-ring (bicyclic) bond motifs is 1. The van der Waals surface area contributed by atoms with E-state index in [1.165, 1.54) is 31.0 Å². The zero-order valence-electron chi connectivity index (χ0n) is 20.9. The number of hydrogen-bond acceptors (Lipinski definition) is 6. The third kappa shape index (κ3) is 6.16. The van der Waals surface area contributed by atoms with Gasteiger partial charge in [0.1, 0.15) is 17.7 Å². The number of aliphatic hydroxyl groups is 1. The monoisotopic (exact) mass is 519 g/mol. The Kier molecular flexibility index (Phi) is 7.87. The van der Waals surface area contributed by atoms with E-state index in [-0.39, 0.29) is 40.7 Å². The van der Waals surface area contributed by atoms with Crippen LogP contribution in [0.15, 0.2) is 47.4 Å². The molecule has 4 rings (SSSR count). The van der Waals surface area contributed by atoms with E-state index in [0.29, 0.717) is 18.8 Å². The van der Waals surface area contributed by atoms with Crippen LogP contribution < -0.4 is 9.46 Å². The maximum absolute atomic E-state index is 13.5. The number of amides is 1. The third-order valence-corrected chi connectivity index (χ3v) is 8.20. The summed E-state index contributed by atoms with van der Waals surface area (Å²) in [6.45, 7) is 5.70. The largest absolute Gasteiger partial charge is 0.488 e. The van der Waals surface area contributed by atoms with Crippen LogP contribution >= 0.6 is 0 Å². The number of carbonyl (C=O) groups excluding carboxylic acids is 1. The summed E-state index contributed by atoms with van der Waals surface area (Å²) in [5.74, 6) is 0.231. The van der Waals surface area contributed by atoms with Gasteiger partial charge in [-0.15, -0.1) is 0 Å². The molecule has 3 atom stereocenters. The van der Waals surface area contributed by atoms with Gasteiger partial charge in [-0.3, -0.25) is 9.52 Å². The Balaban J connectivity index is 1.64. The van der Waals surface area contributed by atoms with Gasteiger partial charge in [0.15, 0.2) is 0 Å². The standard InChI is InChI=1S/C26H34FN3O5S/c1-17-13-30(18(2)16-31)26(32)23-12-21(28-36(33,34)22-9-6-20(27)7-10-22)8-11-24(23)35-25(17)15-29(3)14-19-4-5-19/h6-12,17-19,25,28,31H,4-5,13-16H2,1-3H3/t17-,18+,25-/m1/s1. The number of ether oxygens (including phenoxy) is 1. The number of anilines is 1. The highest BCUT2D eigenvalue weighted by Crippen LogP contribution is 2.33. The molecule has 0 bridgehead atoms. The number of carbonyl (C=O) groups is 1. The summed E-state index contributed by atoms with van der Waals surface area (Å²) >= 11 is 0. The maximum Gasteiger partial charge on any atom is 0.261 e. The Morgan fingerprint density at radius 3 is 2.53 bits per heavy atom. The minimum absolute atomic E-state index is 0.00871. The Hall–Kier alpha value is -2.69. The second-order valence-electron chi connectivity index (χ2n) is 10.1. The molecule has 0 saturated heterocycles. The van der Waals surface area contributed by atoms with Crippen LogP contribution in [0.4, 0.5) is 10.1 Å². The molecule has 1 aliphatic heterocycles. The molecular formula is C26H34FN3O5S. The summed E-state index contributed by atoms with van der Waals surface area (Å²) in [5, 5.41) is 9.82. The quantitative estimate of drug-likeness (QED) is 0.528. The second-order valence-corrected chi connectivity index (χ2v) is 11.7. The molecule has 0 radical (unpaired) electrons. The summed E-state index contributed by atoms with van der Waals surface area (Å²) in [5.41, 5.74) is 0.402. The fraction of sp³-hybridized carbons (Fsp3) is 0.500. The molecule has 0 unspecified atom stereocenters. The van der Waals surface area contributed by atoms with Gasteiger partial charge in [0.25, 0.3) is 15.9 Å². The summed E-state index contributed by atoms with van der Waals surface area (Å²) < 4.78 is 47.7. The number of sulfonamides is 1. The average molecular weight is 520 g/mol. The van der Waals surface area contributed by atoms with Crippen LogP contribution in [0.25, 0.3) is 0 Å². The molecular weight excluding hydrogens is 485 g/mol. The summed E-state index contributed by atoms with van der Waals surface area (Å²) in [6.07, 6.45) is 2.30. The van der Waals surface area contributed by atoms with Gasteiger partial charge in [-0.1, -0.05) is 6.92 Å². The predicted molar refractivity (Wildman–Crippen MR) is 135 cm³/mol. The Morgan fingerprint density at radius 1 is 1.19 bits per heavy atom. The molecule has 0 spiro atoms. The van der Waals surface area contributed by atoms with Gasteiger partial charge >= 0.3 is 0 Å². The van der Waals surface area contributed by atoms with Gasteiger partial charge in [-0.25, -0.2) is 12.8 Å².